The van der Waals surface area contributed by atoms with Gasteiger partial charge < -0.3 is 10.2 Å². The predicted molar refractivity (Wildman–Crippen MR) is 70.4 cm³/mol. The molecule has 2 rings (SSSR count). The Balaban J connectivity index is 2.04. The number of nitrogens with zero attached hydrogens (tertiary/aromatic N) is 3. The molecule has 0 spiro atoms. The molecule has 0 aliphatic carbocycles. The first-order valence-corrected chi connectivity index (χ1v) is 6.53. The summed E-state index contributed by atoms with van der Waals surface area (Å²) in [4.78, 5) is 22.7. The van der Waals surface area contributed by atoms with Gasteiger partial charge in [-0.25, -0.2) is 9.97 Å². The molecule has 1 saturated heterocycles. The summed E-state index contributed by atoms with van der Waals surface area (Å²) in [6.07, 6.45) is 3.74. The molecule has 0 radical (unpaired) electrons. The van der Waals surface area contributed by atoms with Gasteiger partial charge in [0.15, 0.2) is 0 Å². The van der Waals surface area contributed by atoms with Gasteiger partial charge in [0.05, 0.1) is 5.92 Å². The first-order chi connectivity index (χ1) is 8.70. The Kier molecular flexibility index (Phi) is 4.12. The molecule has 1 aromatic heterocycles. The van der Waals surface area contributed by atoms with E-state index in [0.717, 1.165) is 37.6 Å². The average Bonchev–Trinajstić information content (AvgIpc) is 2.39. The van der Waals surface area contributed by atoms with E-state index in [1.165, 1.54) is 0 Å². The van der Waals surface area contributed by atoms with E-state index in [2.05, 4.69) is 20.2 Å². The Hall–Kier alpha value is -1.65. The minimum Gasteiger partial charge on any atom is -0.356 e. The molecular weight excluding hydrogens is 228 g/mol. The first kappa shape index (κ1) is 12.8. The normalized spacial score (nSPS) is 19.7. The Morgan fingerprint density at radius 2 is 2.44 bits per heavy atom. The number of aromatic nitrogens is 2. The van der Waals surface area contributed by atoms with Gasteiger partial charge in [-0.2, -0.15) is 0 Å². The first-order valence-electron chi connectivity index (χ1n) is 6.53. The summed E-state index contributed by atoms with van der Waals surface area (Å²) in [6, 6.07) is 1.88. The third-order valence-electron chi connectivity index (χ3n) is 3.21. The van der Waals surface area contributed by atoms with Gasteiger partial charge in [-0.05, 0) is 32.8 Å². The minimum absolute atomic E-state index is 0.0582. The highest BCUT2D eigenvalue weighted by Gasteiger charge is 2.26. The molecule has 0 saturated carbocycles. The maximum atomic E-state index is 11.9. The van der Waals surface area contributed by atoms with E-state index in [0.29, 0.717) is 6.54 Å². The van der Waals surface area contributed by atoms with E-state index >= 15 is 0 Å². The number of hydrogen-bond donors (Lipinski definition) is 1. The number of nitrogens with one attached hydrogen (secondary N) is 1. The largest absolute Gasteiger partial charge is 0.356 e. The van der Waals surface area contributed by atoms with E-state index in [1.54, 1.807) is 6.20 Å². The lowest BCUT2D eigenvalue weighted by Crippen LogP contribution is -2.43. The number of rotatable bonds is 3. The van der Waals surface area contributed by atoms with Gasteiger partial charge in [0.2, 0.25) is 11.9 Å². The second-order valence-electron chi connectivity index (χ2n) is 4.68. The zero-order valence-corrected chi connectivity index (χ0v) is 11.0. The average molecular weight is 248 g/mol. The van der Waals surface area contributed by atoms with Crippen LogP contribution in [0, 0.1) is 12.8 Å². The fourth-order valence-electron chi connectivity index (χ4n) is 2.28. The molecular formula is C13H20N4O. The van der Waals surface area contributed by atoms with E-state index in [1.807, 2.05) is 19.9 Å². The van der Waals surface area contributed by atoms with Crippen molar-refractivity contribution >= 4 is 11.9 Å². The van der Waals surface area contributed by atoms with E-state index in [9.17, 15) is 4.79 Å². The molecule has 1 atom stereocenters. The van der Waals surface area contributed by atoms with Crippen molar-refractivity contribution in [1.29, 1.82) is 0 Å². The highest BCUT2D eigenvalue weighted by Crippen LogP contribution is 2.20. The molecule has 2 heterocycles. The smallest absolute Gasteiger partial charge is 0.225 e. The summed E-state index contributed by atoms with van der Waals surface area (Å²) in [5.74, 6) is 0.946. The maximum absolute atomic E-state index is 11.9. The van der Waals surface area contributed by atoms with Crippen LogP contribution in [0.3, 0.4) is 0 Å². The fourth-order valence-corrected chi connectivity index (χ4v) is 2.28. The third-order valence-corrected chi connectivity index (χ3v) is 3.21. The van der Waals surface area contributed by atoms with E-state index in [-0.39, 0.29) is 11.8 Å². The van der Waals surface area contributed by atoms with Crippen molar-refractivity contribution < 1.29 is 4.79 Å². The molecule has 1 aromatic rings. The molecule has 1 aliphatic rings. The summed E-state index contributed by atoms with van der Waals surface area (Å²) >= 11 is 0. The highest BCUT2D eigenvalue weighted by molar-refractivity contribution is 5.79. The van der Waals surface area contributed by atoms with Gasteiger partial charge >= 0.3 is 0 Å². The number of anilines is 1. The Morgan fingerprint density at radius 1 is 1.61 bits per heavy atom. The Morgan fingerprint density at radius 3 is 3.17 bits per heavy atom. The predicted octanol–water partition coefficient (Wildman–Crippen LogP) is 1.14. The zero-order chi connectivity index (χ0) is 13.0. The highest BCUT2D eigenvalue weighted by atomic mass is 16.1. The lowest BCUT2D eigenvalue weighted by Gasteiger charge is -2.32. The Labute approximate surface area is 108 Å². The molecule has 1 aliphatic heterocycles. The summed E-state index contributed by atoms with van der Waals surface area (Å²) in [5.41, 5.74) is 0.958. The molecule has 98 valence electrons. The molecule has 5 nitrogen and oxygen atoms in total. The van der Waals surface area contributed by atoms with Gasteiger partial charge in [-0.3, -0.25) is 4.79 Å². The lowest BCUT2D eigenvalue weighted by molar-refractivity contribution is -0.125. The zero-order valence-electron chi connectivity index (χ0n) is 11.0. The molecule has 0 aromatic carbocycles. The summed E-state index contributed by atoms with van der Waals surface area (Å²) in [5, 5.41) is 2.89. The lowest BCUT2D eigenvalue weighted by atomic mass is 9.97. The second kappa shape index (κ2) is 5.80. The van der Waals surface area contributed by atoms with Crippen LogP contribution in [-0.4, -0.2) is 35.5 Å². The van der Waals surface area contributed by atoms with Crippen LogP contribution >= 0.6 is 0 Å². The van der Waals surface area contributed by atoms with Gasteiger partial charge in [-0.1, -0.05) is 0 Å². The van der Waals surface area contributed by atoms with Crippen molar-refractivity contribution in [3.8, 4) is 0 Å². The van der Waals surface area contributed by atoms with Crippen LogP contribution < -0.4 is 10.2 Å². The van der Waals surface area contributed by atoms with Gasteiger partial charge in [0.25, 0.3) is 0 Å². The van der Waals surface area contributed by atoms with Crippen molar-refractivity contribution in [2.24, 2.45) is 5.92 Å². The molecule has 18 heavy (non-hydrogen) atoms. The number of carbonyl (C=O) groups is 1. The minimum atomic E-state index is 0.0582. The number of aryl methyl sites for hydroxylation is 1. The third kappa shape index (κ3) is 2.97. The van der Waals surface area contributed by atoms with Crippen LogP contribution in [-0.2, 0) is 4.79 Å². The summed E-state index contributed by atoms with van der Waals surface area (Å²) in [6.45, 7) is 6.24. The quantitative estimate of drug-likeness (QED) is 0.871. The van der Waals surface area contributed by atoms with E-state index < -0.39 is 0 Å². The molecule has 5 heteroatoms. The molecule has 1 amide bonds. The molecule has 0 bridgehead atoms. The van der Waals surface area contributed by atoms with Crippen molar-refractivity contribution in [2.75, 3.05) is 24.5 Å². The number of piperidine rings is 1. The van der Waals surface area contributed by atoms with Crippen molar-refractivity contribution in [3.63, 3.8) is 0 Å². The van der Waals surface area contributed by atoms with Crippen LogP contribution in [0.5, 0.6) is 0 Å². The number of carbonyl (C=O) groups excluding carboxylic acids is 1. The fraction of sp³-hybridized carbons (Fsp3) is 0.615. The number of hydrogen-bond acceptors (Lipinski definition) is 4. The standard InChI is InChI=1S/C13H20N4O/c1-3-14-12(18)11-5-4-8-17(9-11)13-15-7-6-10(2)16-13/h6-7,11H,3-5,8-9H2,1-2H3,(H,14,18). The second-order valence-corrected chi connectivity index (χ2v) is 4.68. The SMILES string of the molecule is CCNC(=O)C1CCCN(c2nccc(C)n2)C1. The van der Waals surface area contributed by atoms with E-state index in [4.69, 9.17) is 0 Å². The van der Waals surface area contributed by atoms with Crippen molar-refractivity contribution in [3.05, 3.63) is 18.0 Å². The van der Waals surface area contributed by atoms with Crippen LogP contribution in [0.2, 0.25) is 0 Å². The summed E-state index contributed by atoms with van der Waals surface area (Å²) in [7, 11) is 0. The number of amides is 1. The molecule has 1 unspecified atom stereocenters. The van der Waals surface area contributed by atoms with Crippen molar-refractivity contribution in [1.82, 2.24) is 15.3 Å². The van der Waals surface area contributed by atoms with Crippen LogP contribution in [0.4, 0.5) is 5.95 Å². The van der Waals surface area contributed by atoms with Gasteiger partial charge in [-0.15, -0.1) is 0 Å². The maximum Gasteiger partial charge on any atom is 0.225 e. The van der Waals surface area contributed by atoms with Gasteiger partial charge in [0.1, 0.15) is 0 Å². The molecule has 1 fully saturated rings. The summed E-state index contributed by atoms with van der Waals surface area (Å²) < 4.78 is 0. The van der Waals surface area contributed by atoms with Crippen molar-refractivity contribution in [2.45, 2.75) is 26.7 Å². The Bertz CT molecular complexity index is 421. The monoisotopic (exact) mass is 248 g/mol. The van der Waals surface area contributed by atoms with Crippen LogP contribution in [0.25, 0.3) is 0 Å². The van der Waals surface area contributed by atoms with Gasteiger partial charge in [0, 0.05) is 31.5 Å². The van der Waals surface area contributed by atoms with Crippen LogP contribution in [0.15, 0.2) is 12.3 Å². The topological polar surface area (TPSA) is 58.1 Å². The molecule has 1 N–H and O–H groups in total. The van der Waals surface area contributed by atoms with Crippen LogP contribution in [0.1, 0.15) is 25.5 Å².